The van der Waals surface area contributed by atoms with Crippen LogP contribution in [0.5, 0.6) is 0 Å². The summed E-state index contributed by atoms with van der Waals surface area (Å²) >= 11 is 0. The second kappa shape index (κ2) is 4.58. The maximum absolute atomic E-state index is 11.0. The molecule has 1 atom stereocenters. The van der Waals surface area contributed by atoms with E-state index in [0.29, 0.717) is 12.6 Å². The smallest absolute Gasteiger partial charge is 0.235 e. The average Bonchev–Trinajstić information content (AvgIpc) is 2.86. The molecule has 1 rings (SSSR count). The fraction of sp³-hybridized carbons (Fsp3) is 0.889. The van der Waals surface area contributed by atoms with Crippen LogP contribution in [0.3, 0.4) is 0 Å². The molecule has 0 radical (unpaired) electrons. The summed E-state index contributed by atoms with van der Waals surface area (Å²) in [6, 6.07) is 0.347. The number of nitrogens with zero attached hydrogens (tertiary/aromatic N) is 1. The van der Waals surface area contributed by atoms with E-state index in [0.717, 1.165) is 6.54 Å². The molecule has 0 spiro atoms. The van der Waals surface area contributed by atoms with Gasteiger partial charge in [-0.1, -0.05) is 6.92 Å². The van der Waals surface area contributed by atoms with Gasteiger partial charge in [-0.3, -0.25) is 4.79 Å². The topological polar surface area (TPSA) is 58.4 Å². The van der Waals surface area contributed by atoms with E-state index in [-0.39, 0.29) is 11.9 Å². The molecule has 0 heterocycles. The van der Waals surface area contributed by atoms with Crippen LogP contribution in [0.4, 0.5) is 0 Å². The lowest BCUT2D eigenvalue weighted by Crippen LogP contribution is -2.49. The van der Waals surface area contributed by atoms with Crippen molar-refractivity contribution in [1.82, 2.24) is 10.2 Å². The zero-order chi connectivity index (χ0) is 9.84. The molecule has 1 fully saturated rings. The van der Waals surface area contributed by atoms with Gasteiger partial charge in [0.15, 0.2) is 0 Å². The first-order valence-electron chi connectivity index (χ1n) is 4.87. The molecule has 4 heteroatoms. The molecular weight excluding hydrogens is 166 g/mol. The lowest BCUT2D eigenvalue weighted by Gasteiger charge is -2.21. The number of likely N-dealkylation sites (N-methyl/N-ethyl adjacent to an activating group) is 1. The first kappa shape index (κ1) is 10.5. The van der Waals surface area contributed by atoms with E-state index < -0.39 is 0 Å². The Morgan fingerprint density at radius 2 is 2.31 bits per heavy atom. The fourth-order valence-corrected chi connectivity index (χ4v) is 1.20. The van der Waals surface area contributed by atoms with Gasteiger partial charge in [-0.25, -0.2) is 0 Å². The van der Waals surface area contributed by atoms with Crippen molar-refractivity contribution in [3.8, 4) is 0 Å². The van der Waals surface area contributed by atoms with Crippen LogP contribution in [0.2, 0.25) is 0 Å². The van der Waals surface area contributed by atoms with Gasteiger partial charge < -0.3 is 16.0 Å². The number of primary amides is 1. The monoisotopic (exact) mass is 185 g/mol. The third-order valence-corrected chi connectivity index (χ3v) is 2.39. The lowest BCUT2D eigenvalue weighted by molar-refractivity contribution is -0.120. The quantitative estimate of drug-likeness (QED) is 0.589. The molecule has 0 aliphatic heterocycles. The third kappa shape index (κ3) is 3.74. The first-order valence-corrected chi connectivity index (χ1v) is 4.87. The molecular formula is C9H19N3O. The van der Waals surface area contributed by atoms with Gasteiger partial charge in [0.25, 0.3) is 0 Å². The molecule has 76 valence electrons. The number of nitrogens with two attached hydrogens (primary N) is 1. The molecule has 3 N–H and O–H groups in total. The number of carbonyl (C=O) groups is 1. The van der Waals surface area contributed by atoms with Crippen LogP contribution in [0.25, 0.3) is 0 Å². The van der Waals surface area contributed by atoms with E-state index >= 15 is 0 Å². The Labute approximate surface area is 79.5 Å². The van der Waals surface area contributed by atoms with Gasteiger partial charge in [0.1, 0.15) is 0 Å². The number of rotatable bonds is 6. The highest BCUT2D eigenvalue weighted by Crippen LogP contribution is 2.19. The summed E-state index contributed by atoms with van der Waals surface area (Å²) in [6.07, 6.45) is 2.36. The highest BCUT2D eigenvalue weighted by molar-refractivity contribution is 5.80. The zero-order valence-corrected chi connectivity index (χ0v) is 8.42. The van der Waals surface area contributed by atoms with E-state index in [2.05, 4.69) is 17.1 Å². The Morgan fingerprint density at radius 3 is 2.69 bits per heavy atom. The Balaban J connectivity index is 2.31. The average molecular weight is 185 g/mol. The van der Waals surface area contributed by atoms with Gasteiger partial charge in [-0.15, -0.1) is 0 Å². The van der Waals surface area contributed by atoms with E-state index in [9.17, 15) is 4.79 Å². The second-order valence-corrected chi connectivity index (χ2v) is 3.75. The minimum atomic E-state index is -0.243. The van der Waals surface area contributed by atoms with Crippen molar-refractivity contribution in [3.05, 3.63) is 0 Å². The van der Waals surface area contributed by atoms with Gasteiger partial charge in [0.2, 0.25) is 5.91 Å². The van der Waals surface area contributed by atoms with Crippen molar-refractivity contribution in [3.63, 3.8) is 0 Å². The maximum atomic E-state index is 11.0. The van der Waals surface area contributed by atoms with Crippen LogP contribution in [0.1, 0.15) is 19.8 Å². The maximum Gasteiger partial charge on any atom is 0.235 e. The SMILES string of the molecule is CCN(C)CC(NC1CC1)C(N)=O. The summed E-state index contributed by atoms with van der Waals surface area (Å²) in [4.78, 5) is 13.1. The van der Waals surface area contributed by atoms with Crippen LogP contribution >= 0.6 is 0 Å². The number of amides is 1. The van der Waals surface area contributed by atoms with Gasteiger partial charge in [0, 0.05) is 12.6 Å². The number of hydrogen-bond acceptors (Lipinski definition) is 3. The van der Waals surface area contributed by atoms with E-state index in [1.165, 1.54) is 12.8 Å². The molecule has 0 bridgehead atoms. The zero-order valence-electron chi connectivity index (χ0n) is 8.42. The predicted molar refractivity (Wildman–Crippen MR) is 52.3 cm³/mol. The van der Waals surface area contributed by atoms with Gasteiger partial charge in [-0.2, -0.15) is 0 Å². The van der Waals surface area contributed by atoms with Crippen LogP contribution in [-0.4, -0.2) is 43.0 Å². The minimum Gasteiger partial charge on any atom is -0.368 e. The summed E-state index contributed by atoms with van der Waals surface area (Å²) in [6.45, 7) is 3.72. The standard InChI is InChI=1S/C9H19N3O/c1-3-12(2)6-8(9(10)13)11-7-4-5-7/h7-8,11H,3-6H2,1-2H3,(H2,10,13). The molecule has 13 heavy (non-hydrogen) atoms. The highest BCUT2D eigenvalue weighted by Gasteiger charge is 2.27. The van der Waals surface area contributed by atoms with Crippen LogP contribution < -0.4 is 11.1 Å². The van der Waals surface area contributed by atoms with Crippen LogP contribution in [0.15, 0.2) is 0 Å². The molecule has 1 aliphatic rings. The summed E-state index contributed by atoms with van der Waals surface area (Å²) < 4.78 is 0. The predicted octanol–water partition coefficient (Wildman–Crippen LogP) is -0.456. The molecule has 0 aromatic rings. The van der Waals surface area contributed by atoms with Gasteiger partial charge in [-0.05, 0) is 26.4 Å². The molecule has 1 amide bonds. The summed E-state index contributed by atoms with van der Waals surface area (Å²) in [7, 11) is 1.99. The summed E-state index contributed by atoms with van der Waals surface area (Å²) in [5.74, 6) is -0.243. The van der Waals surface area contributed by atoms with E-state index in [4.69, 9.17) is 5.73 Å². The molecule has 0 aromatic heterocycles. The number of carbonyl (C=O) groups excluding carboxylic acids is 1. The molecule has 1 aliphatic carbocycles. The van der Waals surface area contributed by atoms with Crippen molar-refractivity contribution in [2.75, 3.05) is 20.1 Å². The van der Waals surface area contributed by atoms with E-state index in [1.54, 1.807) is 0 Å². The first-order chi connectivity index (χ1) is 6.13. The highest BCUT2D eigenvalue weighted by atomic mass is 16.1. The Hall–Kier alpha value is -0.610. The largest absolute Gasteiger partial charge is 0.368 e. The van der Waals surface area contributed by atoms with Gasteiger partial charge >= 0.3 is 0 Å². The van der Waals surface area contributed by atoms with Crippen LogP contribution in [-0.2, 0) is 4.79 Å². The van der Waals surface area contributed by atoms with Gasteiger partial charge in [0.05, 0.1) is 6.04 Å². The second-order valence-electron chi connectivity index (χ2n) is 3.75. The molecule has 0 saturated heterocycles. The third-order valence-electron chi connectivity index (χ3n) is 2.39. The van der Waals surface area contributed by atoms with Crippen molar-refractivity contribution < 1.29 is 4.79 Å². The molecule has 4 nitrogen and oxygen atoms in total. The number of nitrogens with one attached hydrogen (secondary N) is 1. The molecule has 1 saturated carbocycles. The number of hydrogen-bond donors (Lipinski definition) is 2. The van der Waals surface area contributed by atoms with Crippen molar-refractivity contribution in [2.45, 2.75) is 31.8 Å². The molecule has 0 aromatic carbocycles. The van der Waals surface area contributed by atoms with Crippen molar-refractivity contribution in [2.24, 2.45) is 5.73 Å². The van der Waals surface area contributed by atoms with E-state index in [1.807, 2.05) is 7.05 Å². The Kier molecular flexibility index (Phi) is 3.69. The summed E-state index contributed by atoms with van der Waals surface area (Å²) in [5, 5.41) is 3.24. The Bertz CT molecular complexity index is 180. The van der Waals surface area contributed by atoms with Crippen molar-refractivity contribution >= 4 is 5.91 Å². The summed E-state index contributed by atoms with van der Waals surface area (Å²) in [5.41, 5.74) is 5.29. The fourth-order valence-electron chi connectivity index (χ4n) is 1.20. The van der Waals surface area contributed by atoms with Crippen LogP contribution in [0, 0.1) is 0 Å². The normalized spacial score (nSPS) is 19.0. The lowest BCUT2D eigenvalue weighted by atomic mass is 10.2. The van der Waals surface area contributed by atoms with Crippen molar-refractivity contribution in [1.29, 1.82) is 0 Å². The minimum absolute atomic E-state index is 0.183. The molecule has 1 unspecified atom stereocenters. The Morgan fingerprint density at radius 1 is 1.69 bits per heavy atom.